The molecule has 0 aromatic heterocycles. The minimum atomic E-state index is 0.272. The van der Waals surface area contributed by atoms with E-state index in [9.17, 15) is 0 Å². The van der Waals surface area contributed by atoms with E-state index in [1.807, 2.05) is 6.07 Å². The van der Waals surface area contributed by atoms with Crippen LogP contribution >= 0.6 is 0 Å². The molecule has 1 N–H and O–H groups in total. The van der Waals surface area contributed by atoms with Crippen LogP contribution in [-0.4, -0.2) is 20.1 Å². The van der Waals surface area contributed by atoms with Crippen molar-refractivity contribution < 1.29 is 18.9 Å². The largest absolute Gasteiger partial charge is 0.454 e. The maximum Gasteiger partial charge on any atom is 0.231 e. The lowest BCUT2D eigenvalue weighted by Gasteiger charge is -2.27. The van der Waals surface area contributed by atoms with Crippen LogP contribution < -0.4 is 24.3 Å². The van der Waals surface area contributed by atoms with Crippen LogP contribution in [0.2, 0.25) is 0 Å². The highest BCUT2D eigenvalue weighted by molar-refractivity contribution is 5.51. The van der Waals surface area contributed by atoms with E-state index in [2.05, 4.69) is 29.6 Å². The highest BCUT2D eigenvalue weighted by Gasteiger charge is 2.25. The van der Waals surface area contributed by atoms with Crippen LogP contribution in [0.1, 0.15) is 22.7 Å². The number of fused-ring (bicyclic) bond motifs is 3. The van der Waals surface area contributed by atoms with Crippen molar-refractivity contribution in [3.05, 3.63) is 47.0 Å². The molecule has 5 nitrogen and oxygen atoms in total. The average molecular weight is 311 g/mol. The Morgan fingerprint density at radius 2 is 1.61 bits per heavy atom. The first-order chi connectivity index (χ1) is 11.4. The molecule has 0 unspecified atom stereocenters. The maximum atomic E-state index is 5.54. The Labute approximate surface area is 134 Å². The summed E-state index contributed by atoms with van der Waals surface area (Å²) in [5.74, 6) is 3.38. The molecular formula is C18H17NO4. The Morgan fingerprint density at radius 1 is 0.870 bits per heavy atom. The van der Waals surface area contributed by atoms with Gasteiger partial charge in [0.25, 0.3) is 0 Å². The van der Waals surface area contributed by atoms with E-state index in [0.717, 1.165) is 42.4 Å². The van der Waals surface area contributed by atoms with Gasteiger partial charge in [-0.3, -0.25) is 0 Å². The van der Waals surface area contributed by atoms with Crippen molar-refractivity contribution >= 4 is 0 Å². The lowest BCUT2D eigenvalue weighted by Crippen LogP contribution is -2.31. The van der Waals surface area contributed by atoms with Crippen LogP contribution in [-0.2, 0) is 12.8 Å². The van der Waals surface area contributed by atoms with Gasteiger partial charge in [0.1, 0.15) is 0 Å². The molecular weight excluding hydrogens is 294 g/mol. The van der Waals surface area contributed by atoms with Crippen LogP contribution in [0.25, 0.3) is 0 Å². The van der Waals surface area contributed by atoms with Crippen LogP contribution in [0.3, 0.4) is 0 Å². The molecule has 118 valence electrons. The molecule has 0 saturated heterocycles. The van der Waals surface area contributed by atoms with Crippen LogP contribution in [0.15, 0.2) is 30.3 Å². The Hall–Kier alpha value is -2.40. The fraction of sp³-hybridized carbons (Fsp3) is 0.333. The molecule has 0 saturated carbocycles. The molecule has 5 rings (SSSR count). The van der Waals surface area contributed by atoms with E-state index in [1.54, 1.807) is 0 Å². The van der Waals surface area contributed by atoms with E-state index >= 15 is 0 Å². The smallest absolute Gasteiger partial charge is 0.231 e. The molecule has 0 aliphatic carbocycles. The molecule has 2 aromatic rings. The normalized spacial score (nSPS) is 20.4. The average Bonchev–Trinajstić information content (AvgIpc) is 3.21. The first-order valence-corrected chi connectivity index (χ1v) is 7.91. The molecule has 3 aliphatic heterocycles. The second kappa shape index (κ2) is 5.06. The Morgan fingerprint density at radius 3 is 2.48 bits per heavy atom. The summed E-state index contributed by atoms with van der Waals surface area (Å²) < 4.78 is 21.9. The third-order valence-electron chi connectivity index (χ3n) is 4.67. The van der Waals surface area contributed by atoms with Gasteiger partial charge in [-0.2, -0.15) is 0 Å². The van der Waals surface area contributed by atoms with Gasteiger partial charge >= 0.3 is 0 Å². The van der Waals surface area contributed by atoms with E-state index < -0.39 is 0 Å². The number of hydrogen-bond donors (Lipinski definition) is 1. The molecule has 3 aliphatic rings. The molecule has 0 amide bonds. The third-order valence-corrected chi connectivity index (χ3v) is 4.67. The third kappa shape index (κ3) is 2.19. The van der Waals surface area contributed by atoms with Gasteiger partial charge in [-0.25, -0.2) is 0 Å². The summed E-state index contributed by atoms with van der Waals surface area (Å²) in [5, 5.41) is 3.61. The van der Waals surface area contributed by atoms with Gasteiger partial charge in [0.05, 0.1) is 0 Å². The van der Waals surface area contributed by atoms with Crippen molar-refractivity contribution in [1.29, 1.82) is 0 Å². The topological polar surface area (TPSA) is 49.0 Å². The lowest BCUT2D eigenvalue weighted by molar-refractivity contribution is 0.173. The van der Waals surface area contributed by atoms with Gasteiger partial charge in [-0.1, -0.05) is 6.07 Å². The molecule has 5 heteroatoms. The van der Waals surface area contributed by atoms with Gasteiger partial charge < -0.3 is 24.3 Å². The molecule has 23 heavy (non-hydrogen) atoms. The van der Waals surface area contributed by atoms with Gasteiger partial charge in [0, 0.05) is 6.04 Å². The fourth-order valence-corrected chi connectivity index (χ4v) is 3.52. The van der Waals surface area contributed by atoms with Crippen LogP contribution in [0, 0.1) is 0 Å². The first-order valence-electron chi connectivity index (χ1n) is 7.91. The predicted molar refractivity (Wildman–Crippen MR) is 83.3 cm³/mol. The predicted octanol–water partition coefficient (Wildman–Crippen LogP) is 2.57. The van der Waals surface area contributed by atoms with Gasteiger partial charge in [0.15, 0.2) is 23.0 Å². The fourth-order valence-electron chi connectivity index (χ4n) is 3.52. The van der Waals surface area contributed by atoms with Crippen molar-refractivity contribution in [2.24, 2.45) is 0 Å². The minimum Gasteiger partial charge on any atom is -0.454 e. The molecule has 2 aromatic carbocycles. The maximum absolute atomic E-state index is 5.54. The second-order valence-corrected chi connectivity index (χ2v) is 6.05. The molecule has 0 bridgehead atoms. The Kier molecular flexibility index (Phi) is 2.88. The second-order valence-electron chi connectivity index (χ2n) is 6.05. The van der Waals surface area contributed by atoms with Crippen molar-refractivity contribution in [2.75, 3.05) is 20.1 Å². The highest BCUT2D eigenvalue weighted by Crippen LogP contribution is 2.39. The molecule has 0 spiro atoms. The standard InChI is InChI=1S/C18H17NO4/c1-2-15-16(21-9-20-15)6-11(1)5-14-13-8-18-17(22-10-23-18)7-12(13)3-4-19-14/h1-2,6-8,14,19H,3-5,9-10H2/t14-/m1/s1. The van der Waals surface area contributed by atoms with E-state index in [0.29, 0.717) is 13.6 Å². The van der Waals surface area contributed by atoms with E-state index in [1.165, 1.54) is 16.7 Å². The number of benzene rings is 2. The summed E-state index contributed by atoms with van der Waals surface area (Å²) in [6.07, 6.45) is 1.92. The Balaban J connectivity index is 1.46. The monoisotopic (exact) mass is 311 g/mol. The first kappa shape index (κ1) is 13.1. The lowest BCUT2D eigenvalue weighted by atomic mass is 9.90. The number of nitrogens with one attached hydrogen (secondary N) is 1. The SMILES string of the molecule is c1cc2c(cc1C[C@H]1NCCc3cc4c(cc31)OCO4)OCO2. The number of hydrogen-bond acceptors (Lipinski definition) is 5. The minimum absolute atomic E-state index is 0.272. The molecule has 3 heterocycles. The van der Waals surface area contributed by atoms with E-state index in [4.69, 9.17) is 18.9 Å². The van der Waals surface area contributed by atoms with E-state index in [-0.39, 0.29) is 6.04 Å². The molecule has 0 radical (unpaired) electrons. The zero-order valence-electron chi connectivity index (χ0n) is 12.6. The highest BCUT2D eigenvalue weighted by atomic mass is 16.7. The number of rotatable bonds is 2. The van der Waals surface area contributed by atoms with Crippen molar-refractivity contribution in [3.8, 4) is 23.0 Å². The van der Waals surface area contributed by atoms with Gasteiger partial charge in [0.2, 0.25) is 13.6 Å². The zero-order valence-corrected chi connectivity index (χ0v) is 12.6. The summed E-state index contributed by atoms with van der Waals surface area (Å²) in [7, 11) is 0. The van der Waals surface area contributed by atoms with Crippen molar-refractivity contribution in [3.63, 3.8) is 0 Å². The van der Waals surface area contributed by atoms with Crippen LogP contribution in [0.5, 0.6) is 23.0 Å². The van der Waals surface area contributed by atoms with Gasteiger partial charge in [-0.05, 0) is 60.3 Å². The van der Waals surface area contributed by atoms with Gasteiger partial charge in [-0.15, -0.1) is 0 Å². The van der Waals surface area contributed by atoms with Crippen molar-refractivity contribution in [2.45, 2.75) is 18.9 Å². The summed E-state index contributed by atoms with van der Waals surface area (Å²) >= 11 is 0. The summed E-state index contributed by atoms with van der Waals surface area (Å²) in [4.78, 5) is 0. The van der Waals surface area contributed by atoms with Crippen LogP contribution in [0.4, 0.5) is 0 Å². The van der Waals surface area contributed by atoms with Crippen molar-refractivity contribution in [1.82, 2.24) is 5.32 Å². The zero-order chi connectivity index (χ0) is 15.2. The summed E-state index contributed by atoms with van der Waals surface area (Å²) in [5.41, 5.74) is 3.88. The Bertz CT molecular complexity index is 774. The molecule has 1 atom stereocenters. The summed E-state index contributed by atoms with van der Waals surface area (Å²) in [6.45, 7) is 1.60. The number of ether oxygens (including phenoxy) is 4. The summed E-state index contributed by atoms with van der Waals surface area (Å²) in [6, 6.07) is 10.7. The molecule has 0 fully saturated rings. The quantitative estimate of drug-likeness (QED) is 0.924.